The van der Waals surface area contributed by atoms with Crippen molar-refractivity contribution in [2.45, 2.75) is 33.3 Å². The highest BCUT2D eigenvalue weighted by atomic mass is 16.5. The minimum atomic E-state index is -0.884. The van der Waals surface area contributed by atoms with Crippen LogP contribution in [-0.2, 0) is 14.3 Å². The lowest BCUT2D eigenvalue weighted by Gasteiger charge is -2.18. The summed E-state index contributed by atoms with van der Waals surface area (Å²) in [4.78, 5) is 38.8. The van der Waals surface area contributed by atoms with Gasteiger partial charge in [-0.2, -0.15) is 0 Å². The Morgan fingerprint density at radius 2 is 1.78 bits per heavy atom. The van der Waals surface area contributed by atoms with E-state index in [1.54, 1.807) is 36.1 Å². The molecule has 1 aliphatic rings. The predicted molar refractivity (Wildman–Crippen MR) is 103 cm³/mol. The lowest BCUT2D eigenvalue weighted by Crippen LogP contribution is -2.30. The molecule has 0 bridgehead atoms. The van der Waals surface area contributed by atoms with Gasteiger partial charge in [-0.3, -0.25) is 14.4 Å². The van der Waals surface area contributed by atoms with E-state index in [4.69, 9.17) is 4.74 Å². The summed E-state index contributed by atoms with van der Waals surface area (Å²) in [6.45, 7) is 5.83. The molecule has 2 aromatic carbocycles. The minimum Gasteiger partial charge on any atom is -0.454 e. The molecule has 1 aliphatic heterocycles. The number of benzene rings is 2. The third-order valence-electron chi connectivity index (χ3n) is 4.98. The van der Waals surface area contributed by atoms with Crippen LogP contribution in [0.4, 0.5) is 5.69 Å². The van der Waals surface area contributed by atoms with Gasteiger partial charge in [0.1, 0.15) is 0 Å². The van der Waals surface area contributed by atoms with Crippen molar-refractivity contribution in [3.05, 3.63) is 65.2 Å². The number of aryl methyl sites for hydroxylation is 2. The van der Waals surface area contributed by atoms with Gasteiger partial charge in [0.15, 0.2) is 6.10 Å². The highest BCUT2D eigenvalue weighted by molar-refractivity contribution is 6.02. The second-order valence-electron chi connectivity index (χ2n) is 6.98. The van der Waals surface area contributed by atoms with E-state index in [9.17, 15) is 14.4 Å². The van der Waals surface area contributed by atoms with Gasteiger partial charge in [0.25, 0.3) is 0 Å². The Hall–Kier alpha value is -2.95. The third-order valence-corrected chi connectivity index (χ3v) is 4.98. The molecule has 1 amide bonds. The highest BCUT2D eigenvalue weighted by Crippen LogP contribution is 2.27. The van der Waals surface area contributed by atoms with Crippen LogP contribution in [0.15, 0.2) is 48.5 Å². The molecular formula is C22H23NO4. The number of hydrogen-bond donors (Lipinski definition) is 0. The maximum Gasteiger partial charge on any atom is 0.312 e. The molecule has 3 rings (SSSR count). The fraction of sp³-hybridized carbons (Fsp3) is 0.318. The van der Waals surface area contributed by atoms with Crippen molar-refractivity contribution in [1.82, 2.24) is 0 Å². The van der Waals surface area contributed by atoms with E-state index in [1.165, 1.54) is 0 Å². The molecule has 0 N–H and O–H groups in total. The first kappa shape index (κ1) is 18.8. The van der Waals surface area contributed by atoms with Gasteiger partial charge in [0.05, 0.1) is 5.92 Å². The number of nitrogens with zero attached hydrogens (tertiary/aromatic N) is 1. The first-order chi connectivity index (χ1) is 12.9. The van der Waals surface area contributed by atoms with E-state index in [-0.39, 0.29) is 24.7 Å². The van der Waals surface area contributed by atoms with Gasteiger partial charge in [-0.15, -0.1) is 0 Å². The molecule has 0 aliphatic carbocycles. The van der Waals surface area contributed by atoms with Gasteiger partial charge >= 0.3 is 5.97 Å². The Bertz CT molecular complexity index is 875. The molecule has 0 spiro atoms. The summed E-state index contributed by atoms with van der Waals surface area (Å²) in [5, 5.41) is 0. The van der Waals surface area contributed by atoms with E-state index in [0.717, 1.165) is 16.8 Å². The van der Waals surface area contributed by atoms with E-state index in [2.05, 4.69) is 0 Å². The zero-order valence-corrected chi connectivity index (χ0v) is 15.8. The summed E-state index contributed by atoms with van der Waals surface area (Å²) in [6.07, 6.45) is -0.788. The minimum absolute atomic E-state index is 0.0952. The van der Waals surface area contributed by atoms with E-state index in [0.29, 0.717) is 5.56 Å². The van der Waals surface area contributed by atoms with Gasteiger partial charge in [0.2, 0.25) is 11.7 Å². The summed E-state index contributed by atoms with van der Waals surface area (Å²) >= 11 is 0. The number of amides is 1. The molecule has 27 heavy (non-hydrogen) atoms. The van der Waals surface area contributed by atoms with Crippen LogP contribution in [0.1, 0.15) is 34.8 Å². The SMILES string of the molecule is Cc1ccc(N2C[C@H](C(=O)O[C@H](C)C(=O)c3ccccc3)CC2=O)cc1C. The van der Waals surface area contributed by atoms with Crippen molar-refractivity contribution >= 4 is 23.3 Å². The monoisotopic (exact) mass is 365 g/mol. The number of ether oxygens (including phenoxy) is 1. The van der Waals surface area contributed by atoms with E-state index < -0.39 is 18.0 Å². The molecule has 0 unspecified atom stereocenters. The number of ketones is 1. The van der Waals surface area contributed by atoms with Crippen molar-refractivity contribution in [2.75, 3.05) is 11.4 Å². The maximum atomic E-state index is 12.5. The number of carbonyl (C=O) groups is 3. The average molecular weight is 365 g/mol. The van der Waals surface area contributed by atoms with Crippen LogP contribution in [0.2, 0.25) is 0 Å². The van der Waals surface area contributed by atoms with Gasteiger partial charge in [-0.05, 0) is 44.0 Å². The molecular weight excluding hydrogens is 342 g/mol. The molecule has 1 saturated heterocycles. The lowest BCUT2D eigenvalue weighted by atomic mass is 10.1. The van der Waals surface area contributed by atoms with Crippen molar-refractivity contribution in [2.24, 2.45) is 5.92 Å². The quantitative estimate of drug-likeness (QED) is 0.601. The fourth-order valence-electron chi connectivity index (χ4n) is 3.17. The molecule has 1 heterocycles. The average Bonchev–Trinajstić information content (AvgIpc) is 3.06. The van der Waals surface area contributed by atoms with Gasteiger partial charge in [0, 0.05) is 24.2 Å². The molecule has 0 radical (unpaired) electrons. The zero-order chi connectivity index (χ0) is 19.6. The molecule has 5 heteroatoms. The first-order valence-corrected chi connectivity index (χ1v) is 9.04. The normalized spacial score (nSPS) is 17.7. The summed E-state index contributed by atoms with van der Waals surface area (Å²) < 4.78 is 5.36. The third kappa shape index (κ3) is 4.08. The van der Waals surface area contributed by atoms with Crippen molar-refractivity contribution in [1.29, 1.82) is 0 Å². The van der Waals surface area contributed by atoms with Crippen molar-refractivity contribution in [3.8, 4) is 0 Å². The number of carbonyl (C=O) groups excluding carboxylic acids is 3. The number of rotatable bonds is 5. The summed E-state index contributed by atoms with van der Waals surface area (Å²) in [5.41, 5.74) is 3.52. The predicted octanol–water partition coefficient (Wildman–Crippen LogP) is 3.47. The number of esters is 1. The van der Waals surface area contributed by atoms with Crippen molar-refractivity contribution < 1.29 is 19.1 Å². The van der Waals surface area contributed by atoms with Crippen LogP contribution in [0.5, 0.6) is 0 Å². The van der Waals surface area contributed by atoms with Gasteiger partial charge in [-0.1, -0.05) is 36.4 Å². The van der Waals surface area contributed by atoms with Crippen LogP contribution >= 0.6 is 0 Å². The number of anilines is 1. The van der Waals surface area contributed by atoms with Crippen LogP contribution in [0.25, 0.3) is 0 Å². The molecule has 140 valence electrons. The second-order valence-corrected chi connectivity index (χ2v) is 6.98. The Morgan fingerprint density at radius 3 is 2.44 bits per heavy atom. The van der Waals surface area contributed by atoms with Crippen LogP contribution in [0.3, 0.4) is 0 Å². The Balaban J connectivity index is 1.65. The molecule has 2 atom stereocenters. The van der Waals surface area contributed by atoms with Gasteiger partial charge < -0.3 is 9.64 Å². The fourth-order valence-corrected chi connectivity index (χ4v) is 3.17. The van der Waals surface area contributed by atoms with Crippen LogP contribution in [-0.4, -0.2) is 30.3 Å². The Morgan fingerprint density at radius 1 is 1.07 bits per heavy atom. The van der Waals surface area contributed by atoms with E-state index >= 15 is 0 Å². The lowest BCUT2D eigenvalue weighted by molar-refractivity contribution is -0.151. The molecule has 1 fully saturated rings. The van der Waals surface area contributed by atoms with E-state index in [1.807, 2.05) is 38.1 Å². The standard InChI is InChI=1S/C22H23NO4/c1-14-9-10-19(11-15(14)2)23-13-18(12-20(23)24)22(26)27-16(3)21(25)17-7-5-4-6-8-17/h4-11,16,18H,12-13H2,1-3H3/t16-,18-/m1/s1. The molecule has 2 aromatic rings. The number of Topliss-reactive ketones (excluding diaryl/α,β-unsaturated/α-hetero) is 1. The number of hydrogen-bond acceptors (Lipinski definition) is 4. The topological polar surface area (TPSA) is 63.7 Å². The van der Waals surface area contributed by atoms with Crippen LogP contribution in [0, 0.1) is 19.8 Å². The second kappa shape index (κ2) is 7.74. The molecule has 0 saturated carbocycles. The van der Waals surface area contributed by atoms with Crippen molar-refractivity contribution in [3.63, 3.8) is 0 Å². The summed E-state index contributed by atoms with van der Waals surface area (Å²) in [5.74, 6) is -1.43. The summed E-state index contributed by atoms with van der Waals surface area (Å²) in [7, 11) is 0. The first-order valence-electron chi connectivity index (χ1n) is 9.04. The Labute approximate surface area is 158 Å². The van der Waals surface area contributed by atoms with Crippen LogP contribution < -0.4 is 4.90 Å². The molecule has 5 nitrogen and oxygen atoms in total. The largest absolute Gasteiger partial charge is 0.454 e. The summed E-state index contributed by atoms with van der Waals surface area (Å²) in [6, 6.07) is 14.5. The molecule has 0 aromatic heterocycles. The zero-order valence-electron chi connectivity index (χ0n) is 15.8. The maximum absolute atomic E-state index is 12.5. The Kier molecular flexibility index (Phi) is 5.40. The smallest absolute Gasteiger partial charge is 0.312 e. The highest BCUT2D eigenvalue weighted by Gasteiger charge is 2.37. The van der Waals surface area contributed by atoms with Gasteiger partial charge in [-0.25, -0.2) is 0 Å².